The van der Waals surface area contributed by atoms with Gasteiger partial charge in [-0.2, -0.15) is 0 Å². The minimum Gasteiger partial charge on any atom is -0.348 e. The van der Waals surface area contributed by atoms with Crippen LogP contribution in [-0.4, -0.2) is 10.9 Å². The van der Waals surface area contributed by atoms with Gasteiger partial charge in [-0.1, -0.05) is 48.0 Å². The van der Waals surface area contributed by atoms with Crippen LogP contribution in [0.5, 0.6) is 0 Å². The molecular formula is C18H15ClN2O2. The molecule has 4 nitrogen and oxygen atoms in total. The number of benzene rings is 2. The van der Waals surface area contributed by atoms with Gasteiger partial charge in [0.05, 0.1) is 0 Å². The van der Waals surface area contributed by atoms with Crippen LogP contribution in [0, 0.1) is 6.92 Å². The molecule has 1 heterocycles. The van der Waals surface area contributed by atoms with Crippen molar-refractivity contribution in [2.45, 2.75) is 13.5 Å². The van der Waals surface area contributed by atoms with E-state index in [1.165, 1.54) is 0 Å². The summed E-state index contributed by atoms with van der Waals surface area (Å²) >= 11 is 6.08. The van der Waals surface area contributed by atoms with Crippen LogP contribution < -0.4 is 10.9 Å². The average molecular weight is 327 g/mol. The molecule has 0 unspecified atom stereocenters. The molecule has 0 aliphatic heterocycles. The Bertz CT molecular complexity index is 947. The topological polar surface area (TPSA) is 62.0 Å². The summed E-state index contributed by atoms with van der Waals surface area (Å²) in [6.07, 6.45) is 0. The minimum absolute atomic E-state index is 0.135. The first-order valence-electron chi connectivity index (χ1n) is 7.21. The van der Waals surface area contributed by atoms with Gasteiger partial charge in [-0.3, -0.25) is 9.59 Å². The maximum Gasteiger partial charge on any atom is 0.261 e. The van der Waals surface area contributed by atoms with E-state index in [0.717, 1.165) is 16.5 Å². The van der Waals surface area contributed by atoms with E-state index in [1.54, 1.807) is 13.0 Å². The quantitative estimate of drug-likeness (QED) is 0.774. The SMILES string of the molecule is Cc1c(C(=O)NCc2ccccc2Cl)c(=O)[nH]c2ccccc12. The van der Waals surface area contributed by atoms with Gasteiger partial charge >= 0.3 is 0 Å². The summed E-state index contributed by atoms with van der Waals surface area (Å²) in [7, 11) is 0. The third-order valence-electron chi connectivity index (χ3n) is 3.81. The number of aromatic nitrogens is 1. The zero-order chi connectivity index (χ0) is 16.4. The van der Waals surface area contributed by atoms with Crippen LogP contribution >= 0.6 is 11.6 Å². The van der Waals surface area contributed by atoms with E-state index in [9.17, 15) is 9.59 Å². The lowest BCUT2D eigenvalue weighted by atomic mass is 10.0. The first kappa shape index (κ1) is 15.3. The monoisotopic (exact) mass is 326 g/mol. The number of carbonyl (C=O) groups is 1. The van der Waals surface area contributed by atoms with Crippen molar-refractivity contribution < 1.29 is 4.79 Å². The molecule has 0 atom stereocenters. The maximum atomic E-state index is 12.4. The predicted octanol–water partition coefficient (Wildman–Crippen LogP) is 3.42. The number of rotatable bonds is 3. The molecule has 0 fully saturated rings. The van der Waals surface area contributed by atoms with Gasteiger partial charge < -0.3 is 10.3 Å². The third kappa shape index (κ3) is 2.98. The van der Waals surface area contributed by atoms with Crippen LogP contribution in [0.1, 0.15) is 21.5 Å². The van der Waals surface area contributed by atoms with Gasteiger partial charge in [-0.05, 0) is 30.2 Å². The number of pyridine rings is 1. The predicted molar refractivity (Wildman–Crippen MR) is 91.9 cm³/mol. The van der Waals surface area contributed by atoms with Crippen molar-refractivity contribution in [3.05, 3.63) is 80.6 Å². The Balaban J connectivity index is 1.92. The van der Waals surface area contributed by atoms with E-state index in [1.807, 2.05) is 42.5 Å². The van der Waals surface area contributed by atoms with Crippen LogP contribution in [0.15, 0.2) is 53.3 Å². The molecule has 0 radical (unpaired) electrons. The number of halogens is 1. The molecule has 3 rings (SSSR count). The number of carbonyl (C=O) groups excluding carboxylic acids is 1. The van der Waals surface area contributed by atoms with Gasteiger partial charge in [-0.25, -0.2) is 0 Å². The minimum atomic E-state index is -0.408. The first-order chi connectivity index (χ1) is 11.1. The molecule has 0 spiro atoms. The second kappa shape index (κ2) is 6.26. The zero-order valence-electron chi connectivity index (χ0n) is 12.5. The van der Waals surface area contributed by atoms with Gasteiger partial charge in [0, 0.05) is 22.5 Å². The van der Waals surface area contributed by atoms with Crippen LogP contribution in [0.2, 0.25) is 5.02 Å². The van der Waals surface area contributed by atoms with Crippen LogP contribution in [0.25, 0.3) is 10.9 Å². The number of nitrogens with one attached hydrogen (secondary N) is 2. The number of hydrogen-bond acceptors (Lipinski definition) is 2. The van der Waals surface area contributed by atoms with Gasteiger partial charge in [0.2, 0.25) is 0 Å². The second-order valence-corrected chi connectivity index (χ2v) is 5.68. The summed E-state index contributed by atoms with van der Waals surface area (Å²) in [6.45, 7) is 2.05. The highest BCUT2D eigenvalue weighted by atomic mass is 35.5. The molecule has 1 amide bonds. The van der Waals surface area contributed by atoms with Gasteiger partial charge in [-0.15, -0.1) is 0 Å². The van der Waals surface area contributed by atoms with E-state index in [-0.39, 0.29) is 12.1 Å². The van der Waals surface area contributed by atoms with Gasteiger partial charge in [0.15, 0.2) is 0 Å². The summed E-state index contributed by atoms with van der Waals surface area (Å²) in [5.74, 6) is -0.408. The van der Waals surface area contributed by atoms with Crippen molar-refractivity contribution in [2.24, 2.45) is 0 Å². The van der Waals surface area contributed by atoms with E-state index in [4.69, 9.17) is 11.6 Å². The summed E-state index contributed by atoms with van der Waals surface area (Å²) in [5.41, 5.74) is 1.93. The highest BCUT2D eigenvalue weighted by molar-refractivity contribution is 6.31. The number of hydrogen-bond donors (Lipinski definition) is 2. The summed E-state index contributed by atoms with van der Waals surface area (Å²) < 4.78 is 0. The highest BCUT2D eigenvalue weighted by Crippen LogP contribution is 2.18. The maximum absolute atomic E-state index is 12.4. The molecule has 0 aliphatic rings. The Labute approximate surface area is 138 Å². The van der Waals surface area contributed by atoms with Gasteiger partial charge in [0.25, 0.3) is 11.5 Å². The first-order valence-corrected chi connectivity index (χ1v) is 7.59. The summed E-state index contributed by atoms with van der Waals surface area (Å²) in [5, 5.41) is 4.20. The molecule has 3 aromatic rings. The number of aryl methyl sites for hydroxylation is 1. The molecule has 1 aromatic heterocycles. The molecule has 23 heavy (non-hydrogen) atoms. The molecule has 116 valence electrons. The van der Waals surface area contributed by atoms with E-state index >= 15 is 0 Å². The largest absolute Gasteiger partial charge is 0.348 e. The van der Waals surface area contributed by atoms with E-state index in [0.29, 0.717) is 10.6 Å². The molecule has 0 saturated carbocycles. The lowest BCUT2D eigenvalue weighted by Gasteiger charge is -2.10. The number of aromatic amines is 1. The van der Waals surface area contributed by atoms with Crippen molar-refractivity contribution in [1.29, 1.82) is 0 Å². The molecule has 5 heteroatoms. The Kier molecular flexibility index (Phi) is 4.17. The Morgan fingerprint density at radius 3 is 2.61 bits per heavy atom. The molecular weight excluding hydrogens is 312 g/mol. The fourth-order valence-corrected chi connectivity index (χ4v) is 2.79. The zero-order valence-corrected chi connectivity index (χ0v) is 13.3. The van der Waals surface area contributed by atoms with Gasteiger partial charge in [0.1, 0.15) is 5.56 Å². The Morgan fingerprint density at radius 2 is 1.83 bits per heavy atom. The lowest BCUT2D eigenvalue weighted by molar-refractivity contribution is 0.0949. The number of para-hydroxylation sites is 1. The van der Waals surface area contributed by atoms with Crippen molar-refractivity contribution in [3.63, 3.8) is 0 Å². The van der Waals surface area contributed by atoms with E-state index in [2.05, 4.69) is 10.3 Å². The standard InChI is InChI=1S/C18H15ClN2O2/c1-11-13-7-3-5-9-15(13)21-18(23)16(11)17(22)20-10-12-6-2-4-8-14(12)19/h2-9H,10H2,1H3,(H,20,22)(H,21,23). The smallest absolute Gasteiger partial charge is 0.261 e. The molecule has 2 aromatic carbocycles. The fourth-order valence-electron chi connectivity index (χ4n) is 2.59. The van der Waals surface area contributed by atoms with Crippen LogP contribution in [0.4, 0.5) is 0 Å². The normalized spacial score (nSPS) is 10.7. The Hall–Kier alpha value is -2.59. The number of amides is 1. The highest BCUT2D eigenvalue weighted by Gasteiger charge is 2.16. The van der Waals surface area contributed by atoms with Crippen molar-refractivity contribution >= 4 is 28.4 Å². The van der Waals surface area contributed by atoms with Crippen molar-refractivity contribution in [3.8, 4) is 0 Å². The molecule has 0 saturated heterocycles. The summed E-state index contributed by atoms with van der Waals surface area (Å²) in [4.78, 5) is 27.4. The molecule has 2 N–H and O–H groups in total. The third-order valence-corrected chi connectivity index (χ3v) is 4.17. The summed E-state index contributed by atoms with van der Waals surface area (Å²) in [6, 6.07) is 14.7. The molecule has 0 bridgehead atoms. The van der Waals surface area contributed by atoms with Crippen LogP contribution in [-0.2, 0) is 6.54 Å². The van der Waals surface area contributed by atoms with Crippen LogP contribution in [0.3, 0.4) is 0 Å². The number of fused-ring (bicyclic) bond motifs is 1. The average Bonchev–Trinajstić information content (AvgIpc) is 2.54. The molecule has 0 aliphatic carbocycles. The lowest BCUT2D eigenvalue weighted by Crippen LogP contribution is -2.30. The number of H-pyrrole nitrogens is 1. The van der Waals surface area contributed by atoms with Crippen molar-refractivity contribution in [1.82, 2.24) is 10.3 Å². The fraction of sp³-hybridized carbons (Fsp3) is 0.111. The van der Waals surface area contributed by atoms with Crippen molar-refractivity contribution in [2.75, 3.05) is 0 Å². The Morgan fingerprint density at radius 1 is 1.13 bits per heavy atom. The second-order valence-electron chi connectivity index (χ2n) is 5.27. The van der Waals surface area contributed by atoms with E-state index < -0.39 is 11.5 Å².